The molecule has 3 rings (SSSR count). The number of hydrogen-bond acceptors (Lipinski definition) is 6. The maximum absolute atomic E-state index is 12.7. The van der Waals surface area contributed by atoms with E-state index in [0.717, 1.165) is 11.1 Å². The topological polar surface area (TPSA) is 94.1 Å². The summed E-state index contributed by atoms with van der Waals surface area (Å²) in [6, 6.07) is 17.3. The van der Waals surface area contributed by atoms with Crippen molar-refractivity contribution < 1.29 is 28.9 Å². The first-order valence-corrected chi connectivity index (χ1v) is 10.5. The van der Waals surface area contributed by atoms with Crippen LogP contribution in [0.3, 0.4) is 0 Å². The molecule has 0 fully saturated rings. The Morgan fingerprint density at radius 1 is 0.970 bits per heavy atom. The number of nitrogens with one attached hydrogen (secondary N) is 1. The van der Waals surface area contributed by atoms with Gasteiger partial charge in [-0.25, -0.2) is 0 Å². The molecule has 0 spiro atoms. The van der Waals surface area contributed by atoms with Crippen LogP contribution < -0.4 is 19.5 Å². The number of amides is 1. The first-order valence-electron chi connectivity index (χ1n) is 10.5. The summed E-state index contributed by atoms with van der Waals surface area (Å²) in [4.78, 5) is 24.6. The summed E-state index contributed by atoms with van der Waals surface area (Å²) >= 11 is 0. The fourth-order valence-electron chi connectivity index (χ4n) is 3.26. The first-order chi connectivity index (χ1) is 15.8. The van der Waals surface area contributed by atoms with Gasteiger partial charge < -0.3 is 24.6 Å². The van der Waals surface area contributed by atoms with Crippen LogP contribution in [-0.4, -0.2) is 31.2 Å². The normalized spacial score (nSPS) is 10.6. The zero-order valence-corrected chi connectivity index (χ0v) is 19.0. The van der Waals surface area contributed by atoms with Crippen LogP contribution in [0, 0.1) is 5.92 Å². The minimum atomic E-state index is -0.314. The monoisotopic (exact) mass is 449 g/mol. The summed E-state index contributed by atoms with van der Waals surface area (Å²) < 4.78 is 16.1. The first kappa shape index (κ1) is 23.7. The molecule has 33 heavy (non-hydrogen) atoms. The van der Waals surface area contributed by atoms with E-state index in [0.29, 0.717) is 28.5 Å². The van der Waals surface area contributed by atoms with E-state index in [1.807, 2.05) is 18.2 Å². The highest BCUT2D eigenvalue weighted by molar-refractivity contribution is 5.95. The van der Waals surface area contributed by atoms with Gasteiger partial charge in [-0.3, -0.25) is 9.59 Å². The van der Waals surface area contributed by atoms with Gasteiger partial charge in [-0.1, -0.05) is 44.2 Å². The Morgan fingerprint density at radius 2 is 1.73 bits per heavy atom. The third-order valence-corrected chi connectivity index (χ3v) is 4.94. The number of aromatic hydroxyl groups is 1. The Hall–Kier alpha value is -4.00. The van der Waals surface area contributed by atoms with Crippen LogP contribution in [-0.2, 0) is 16.0 Å². The number of hydrogen-bond donors (Lipinski definition) is 2. The number of para-hydroxylation sites is 1. The quantitative estimate of drug-likeness (QED) is 0.378. The predicted molar refractivity (Wildman–Crippen MR) is 126 cm³/mol. The van der Waals surface area contributed by atoms with Gasteiger partial charge in [0, 0.05) is 5.56 Å². The largest absolute Gasteiger partial charge is 0.504 e. The van der Waals surface area contributed by atoms with Crippen molar-refractivity contribution in [3.63, 3.8) is 0 Å². The third kappa shape index (κ3) is 5.83. The van der Waals surface area contributed by atoms with E-state index in [-0.39, 0.29) is 30.0 Å². The van der Waals surface area contributed by atoms with E-state index in [4.69, 9.17) is 14.2 Å². The van der Waals surface area contributed by atoms with E-state index >= 15 is 0 Å². The van der Waals surface area contributed by atoms with Crippen molar-refractivity contribution in [2.45, 2.75) is 20.3 Å². The lowest BCUT2D eigenvalue weighted by molar-refractivity contribution is -0.137. The van der Waals surface area contributed by atoms with E-state index in [1.54, 1.807) is 50.2 Å². The van der Waals surface area contributed by atoms with Crippen molar-refractivity contribution in [3.8, 4) is 34.1 Å². The third-order valence-electron chi connectivity index (χ3n) is 4.94. The number of carbonyl (C=O) groups excluding carboxylic acids is 2. The second-order valence-electron chi connectivity index (χ2n) is 7.72. The van der Waals surface area contributed by atoms with Crippen LogP contribution in [0.15, 0.2) is 60.7 Å². The molecule has 2 N–H and O–H groups in total. The average Bonchev–Trinajstić information content (AvgIpc) is 2.80. The molecule has 0 aliphatic carbocycles. The van der Waals surface area contributed by atoms with E-state index in [2.05, 4.69) is 5.32 Å². The van der Waals surface area contributed by atoms with E-state index in [9.17, 15) is 14.7 Å². The Bertz CT molecular complexity index is 1160. The molecule has 7 heteroatoms. The van der Waals surface area contributed by atoms with Crippen LogP contribution in [0.25, 0.3) is 11.1 Å². The lowest BCUT2D eigenvalue weighted by atomic mass is 10.0. The van der Waals surface area contributed by atoms with Gasteiger partial charge in [0.25, 0.3) is 0 Å². The van der Waals surface area contributed by atoms with E-state index in [1.165, 1.54) is 20.3 Å². The van der Waals surface area contributed by atoms with Gasteiger partial charge in [0.2, 0.25) is 5.91 Å². The number of carbonyl (C=O) groups is 2. The zero-order valence-electron chi connectivity index (χ0n) is 19.0. The summed E-state index contributed by atoms with van der Waals surface area (Å²) in [6.07, 6.45) is 0.0880. The van der Waals surface area contributed by atoms with Crippen LogP contribution >= 0.6 is 0 Å². The van der Waals surface area contributed by atoms with Gasteiger partial charge in [-0.15, -0.1) is 0 Å². The molecule has 0 aromatic heterocycles. The summed E-state index contributed by atoms with van der Waals surface area (Å²) in [5.74, 6) is 0.430. The predicted octanol–water partition coefficient (Wildman–Crippen LogP) is 4.82. The number of phenols is 1. The Kier molecular flexibility index (Phi) is 7.56. The molecule has 0 heterocycles. The van der Waals surface area contributed by atoms with Gasteiger partial charge in [0.05, 0.1) is 32.2 Å². The van der Waals surface area contributed by atoms with Crippen LogP contribution in [0.1, 0.15) is 19.4 Å². The summed E-state index contributed by atoms with van der Waals surface area (Å²) in [6.45, 7) is 3.55. The molecule has 0 aliphatic heterocycles. The highest BCUT2D eigenvalue weighted by Crippen LogP contribution is 2.37. The number of esters is 1. The highest BCUT2D eigenvalue weighted by Gasteiger charge is 2.16. The lowest BCUT2D eigenvalue weighted by Crippen LogP contribution is -2.15. The molecule has 7 nitrogen and oxygen atoms in total. The fourth-order valence-corrected chi connectivity index (χ4v) is 3.26. The number of methoxy groups -OCH3 is 2. The number of rotatable bonds is 8. The zero-order chi connectivity index (χ0) is 24.0. The van der Waals surface area contributed by atoms with Crippen molar-refractivity contribution in [1.29, 1.82) is 0 Å². The molecule has 0 atom stereocenters. The van der Waals surface area contributed by atoms with Gasteiger partial charge >= 0.3 is 5.97 Å². The van der Waals surface area contributed by atoms with Crippen molar-refractivity contribution in [1.82, 2.24) is 0 Å². The van der Waals surface area contributed by atoms with E-state index < -0.39 is 0 Å². The smallest absolute Gasteiger partial charge is 0.313 e. The maximum atomic E-state index is 12.7. The maximum Gasteiger partial charge on any atom is 0.313 e. The second kappa shape index (κ2) is 10.5. The minimum Gasteiger partial charge on any atom is -0.504 e. The number of ether oxygens (including phenoxy) is 3. The van der Waals surface area contributed by atoms with Crippen LogP contribution in [0.5, 0.6) is 23.0 Å². The minimum absolute atomic E-state index is 0.0114. The second-order valence-corrected chi connectivity index (χ2v) is 7.72. The molecule has 3 aromatic carbocycles. The van der Waals surface area contributed by atoms with Crippen molar-refractivity contribution in [2.75, 3.05) is 19.5 Å². The molecule has 3 aromatic rings. The highest BCUT2D eigenvalue weighted by atomic mass is 16.5. The number of anilines is 1. The summed E-state index contributed by atoms with van der Waals surface area (Å²) in [5.41, 5.74) is 2.72. The van der Waals surface area contributed by atoms with Gasteiger partial charge in [0.1, 0.15) is 11.5 Å². The van der Waals surface area contributed by atoms with Crippen molar-refractivity contribution in [2.24, 2.45) is 5.92 Å². The molecular weight excluding hydrogens is 422 g/mol. The molecule has 0 saturated carbocycles. The van der Waals surface area contributed by atoms with Gasteiger partial charge in [0.15, 0.2) is 11.5 Å². The Balaban J connectivity index is 1.83. The van der Waals surface area contributed by atoms with Gasteiger partial charge in [-0.2, -0.15) is 0 Å². The Labute approximate surface area is 192 Å². The average molecular weight is 450 g/mol. The SMILES string of the molecule is COc1cc(CC(=O)Nc2cccc(-c3cccc(OC(=O)C(C)C)c3)c2OC)ccc1O. The van der Waals surface area contributed by atoms with Crippen LogP contribution in [0.4, 0.5) is 5.69 Å². The molecular formula is C26H27NO6. The fraction of sp³-hybridized carbons (Fsp3) is 0.231. The summed E-state index contributed by atoms with van der Waals surface area (Å²) in [5, 5.41) is 12.6. The molecule has 0 bridgehead atoms. The standard InChI is InChI=1S/C26H27NO6/c1-16(2)26(30)33-19-8-5-7-18(15-19)20-9-6-10-21(25(20)32-4)27-24(29)14-17-11-12-22(28)23(13-17)31-3/h5-13,15-16,28H,14H2,1-4H3,(H,27,29). The lowest BCUT2D eigenvalue weighted by Gasteiger charge is -2.15. The molecule has 0 unspecified atom stereocenters. The number of benzene rings is 3. The van der Waals surface area contributed by atoms with Crippen molar-refractivity contribution >= 4 is 17.6 Å². The van der Waals surface area contributed by atoms with Gasteiger partial charge in [-0.05, 0) is 41.5 Å². The van der Waals surface area contributed by atoms with Crippen LogP contribution in [0.2, 0.25) is 0 Å². The molecule has 172 valence electrons. The Morgan fingerprint density at radius 3 is 2.42 bits per heavy atom. The molecule has 0 aliphatic rings. The molecule has 0 saturated heterocycles. The molecule has 1 amide bonds. The van der Waals surface area contributed by atoms with Crippen molar-refractivity contribution in [3.05, 3.63) is 66.2 Å². The summed E-state index contributed by atoms with van der Waals surface area (Å²) in [7, 11) is 2.98. The number of phenolic OH excluding ortho intramolecular Hbond substituents is 1. The molecule has 0 radical (unpaired) electrons.